The first-order chi connectivity index (χ1) is 7.59. The zero-order chi connectivity index (χ0) is 11.7. The Balaban J connectivity index is 2.39. The van der Waals surface area contributed by atoms with Crippen molar-refractivity contribution in [2.75, 3.05) is 0 Å². The van der Waals surface area contributed by atoms with Crippen molar-refractivity contribution in [1.29, 1.82) is 0 Å². The third-order valence-corrected chi connectivity index (χ3v) is 3.07. The van der Waals surface area contributed by atoms with Gasteiger partial charge in [0.25, 0.3) is 0 Å². The van der Waals surface area contributed by atoms with Gasteiger partial charge in [0.15, 0.2) is 0 Å². The fourth-order valence-corrected chi connectivity index (χ4v) is 2.18. The highest BCUT2D eigenvalue weighted by atomic mass is 19.1. The maximum atomic E-state index is 12.8. The molecule has 0 saturated carbocycles. The lowest BCUT2D eigenvalue weighted by Gasteiger charge is -2.18. The van der Waals surface area contributed by atoms with E-state index in [2.05, 4.69) is 37.5 Å². The van der Waals surface area contributed by atoms with E-state index < -0.39 is 0 Å². The Morgan fingerprint density at radius 3 is 1.94 bits per heavy atom. The second-order valence-electron chi connectivity index (χ2n) is 4.21. The van der Waals surface area contributed by atoms with Gasteiger partial charge in [-0.25, -0.2) is 4.39 Å². The molecule has 2 heteroatoms. The molecule has 0 N–H and O–H groups in total. The number of hydrogen-bond acceptors (Lipinski definition) is 0. The van der Waals surface area contributed by atoms with E-state index >= 15 is 0 Å². The van der Waals surface area contributed by atoms with Crippen LogP contribution in [0.25, 0.3) is 0 Å². The van der Waals surface area contributed by atoms with Gasteiger partial charge in [0, 0.05) is 11.4 Å². The van der Waals surface area contributed by atoms with Crippen molar-refractivity contribution in [2.45, 2.75) is 26.8 Å². The molecule has 0 aliphatic heterocycles. The standard InChI is InChI=1S/C14H16FN/c1-10-4-5-11(2)16(10)12(3)13-6-8-14(15)9-7-13/h4-9,12H,1-3H3. The van der Waals surface area contributed by atoms with Gasteiger partial charge in [-0.05, 0) is 50.6 Å². The first-order valence-electron chi connectivity index (χ1n) is 5.49. The largest absolute Gasteiger partial charge is 0.342 e. The normalized spacial score (nSPS) is 12.8. The molecule has 0 amide bonds. The fraction of sp³-hybridized carbons (Fsp3) is 0.286. The van der Waals surface area contributed by atoms with Gasteiger partial charge in [-0.1, -0.05) is 12.1 Å². The van der Waals surface area contributed by atoms with Crippen molar-refractivity contribution in [3.8, 4) is 0 Å². The summed E-state index contributed by atoms with van der Waals surface area (Å²) in [6, 6.07) is 11.2. The van der Waals surface area contributed by atoms with Crippen molar-refractivity contribution in [2.24, 2.45) is 0 Å². The van der Waals surface area contributed by atoms with Crippen LogP contribution in [0.15, 0.2) is 36.4 Å². The Hall–Kier alpha value is -1.57. The highest BCUT2D eigenvalue weighted by molar-refractivity contribution is 5.24. The minimum absolute atomic E-state index is 0.183. The van der Waals surface area contributed by atoms with Gasteiger partial charge in [0.2, 0.25) is 0 Å². The van der Waals surface area contributed by atoms with E-state index in [0.717, 1.165) is 5.56 Å². The molecule has 0 fully saturated rings. The molecule has 2 aromatic rings. The summed E-state index contributed by atoms with van der Waals surface area (Å²) in [5, 5.41) is 0. The summed E-state index contributed by atoms with van der Waals surface area (Å²) >= 11 is 0. The van der Waals surface area contributed by atoms with Gasteiger partial charge in [0.05, 0.1) is 6.04 Å². The van der Waals surface area contributed by atoms with E-state index in [9.17, 15) is 4.39 Å². The third kappa shape index (κ3) is 1.87. The maximum Gasteiger partial charge on any atom is 0.123 e. The Morgan fingerprint density at radius 2 is 1.44 bits per heavy atom. The summed E-state index contributed by atoms with van der Waals surface area (Å²) in [5.41, 5.74) is 3.59. The van der Waals surface area contributed by atoms with Gasteiger partial charge in [-0.2, -0.15) is 0 Å². The first kappa shape index (κ1) is 10.9. The summed E-state index contributed by atoms with van der Waals surface area (Å²) in [5.74, 6) is -0.183. The van der Waals surface area contributed by atoms with E-state index in [4.69, 9.17) is 0 Å². The zero-order valence-corrected chi connectivity index (χ0v) is 9.87. The molecule has 1 atom stereocenters. The predicted molar refractivity (Wildman–Crippen MR) is 64.1 cm³/mol. The molecule has 0 bridgehead atoms. The van der Waals surface area contributed by atoms with Crippen LogP contribution in [0.3, 0.4) is 0 Å². The summed E-state index contributed by atoms with van der Waals surface area (Å²) in [7, 11) is 0. The minimum atomic E-state index is -0.183. The average Bonchev–Trinajstić information content (AvgIpc) is 2.59. The van der Waals surface area contributed by atoms with Crippen LogP contribution < -0.4 is 0 Å². The number of halogens is 1. The molecule has 0 spiro atoms. The molecule has 0 aliphatic rings. The Bertz CT molecular complexity index is 462. The average molecular weight is 217 g/mol. The van der Waals surface area contributed by atoms with Gasteiger partial charge in [-0.3, -0.25) is 0 Å². The maximum absolute atomic E-state index is 12.8. The van der Waals surface area contributed by atoms with Gasteiger partial charge in [0.1, 0.15) is 5.82 Å². The van der Waals surface area contributed by atoms with Crippen LogP contribution in [0.2, 0.25) is 0 Å². The molecule has 2 rings (SSSR count). The lowest BCUT2D eigenvalue weighted by atomic mass is 10.1. The molecule has 1 heterocycles. The second-order valence-corrected chi connectivity index (χ2v) is 4.21. The summed E-state index contributed by atoms with van der Waals surface area (Å²) in [6.07, 6.45) is 0. The second kappa shape index (κ2) is 4.12. The van der Waals surface area contributed by atoms with Crippen molar-refractivity contribution < 1.29 is 4.39 Å². The number of aryl methyl sites for hydroxylation is 2. The number of hydrogen-bond donors (Lipinski definition) is 0. The molecule has 1 aromatic heterocycles. The molecule has 84 valence electrons. The first-order valence-corrected chi connectivity index (χ1v) is 5.49. The zero-order valence-electron chi connectivity index (χ0n) is 9.87. The lowest BCUT2D eigenvalue weighted by molar-refractivity contribution is 0.601. The topological polar surface area (TPSA) is 4.93 Å². The van der Waals surface area contributed by atoms with Crippen LogP contribution in [0.1, 0.15) is 29.9 Å². The van der Waals surface area contributed by atoms with E-state index in [0.29, 0.717) is 0 Å². The SMILES string of the molecule is Cc1ccc(C)n1C(C)c1ccc(F)cc1. The number of nitrogens with zero attached hydrogens (tertiary/aromatic N) is 1. The quantitative estimate of drug-likeness (QED) is 0.720. The Morgan fingerprint density at radius 1 is 0.938 bits per heavy atom. The molecule has 1 aromatic carbocycles. The molecule has 0 saturated heterocycles. The van der Waals surface area contributed by atoms with Crippen LogP contribution in [-0.4, -0.2) is 4.57 Å². The number of benzene rings is 1. The van der Waals surface area contributed by atoms with Gasteiger partial charge < -0.3 is 4.57 Å². The van der Waals surface area contributed by atoms with Crippen LogP contribution in [0.5, 0.6) is 0 Å². The molecule has 1 unspecified atom stereocenters. The van der Waals surface area contributed by atoms with Crippen LogP contribution in [0.4, 0.5) is 4.39 Å². The van der Waals surface area contributed by atoms with Gasteiger partial charge in [-0.15, -0.1) is 0 Å². The van der Waals surface area contributed by atoms with E-state index in [-0.39, 0.29) is 11.9 Å². The predicted octanol–water partition coefficient (Wildman–Crippen LogP) is 3.85. The van der Waals surface area contributed by atoms with Crippen molar-refractivity contribution in [3.05, 3.63) is 59.2 Å². The number of aromatic nitrogens is 1. The fourth-order valence-electron chi connectivity index (χ4n) is 2.18. The smallest absolute Gasteiger partial charge is 0.123 e. The molecular weight excluding hydrogens is 201 g/mol. The van der Waals surface area contributed by atoms with Crippen molar-refractivity contribution >= 4 is 0 Å². The van der Waals surface area contributed by atoms with E-state index in [1.807, 2.05) is 12.1 Å². The Kier molecular flexibility index (Phi) is 2.82. The van der Waals surface area contributed by atoms with Crippen LogP contribution in [-0.2, 0) is 0 Å². The van der Waals surface area contributed by atoms with E-state index in [1.165, 1.54) is 23.5 Å². The summed E-state index contributed by atoms with van der Waals surface area (Å²) in [6.45, 7) is 6.31. The summed E-state index contributed by atoms with van der Waals surface area (Å²) < 4.78 is 15.1. The summed E-state index contributed by atoms with van der Waals surface area (Å²) in [4.78, 5) is 0. The molecule has 0 radical (unpaired) electrons. The molecule has 0 aliphatic carbocycles. The van der Waals surface area contributed by atoms with Crippen LogP contribution in [0, 0.1) is 19.7 Å². The monoisotopic (exact) mass is 217 g/mol. The number of rotatable bonds is 2. The van der Waals surface area contributed by atoms with Crippen LogP contribution >= 0.6 is 0 Å². The highest BCUT2D eigenvalue weighted by Crippen LogP contribution is 2.22. The Labute approximate surface area is 95.5 Å². The minimum Gasteiger partial charge on any atom is -0.342 e. The molecule has 16 heavy (non-hydrogen) atoms. The van der Waals surface area contributed by atoms with Crippen molar-refractivity contribution in [1.82, 2.24) is 4.57 Å². The third-order valence-electron chi connectivity index (χ3n) is 3.07. The highest BCUT2D eigenvalue weighted by Gasteiger charge is 2.11. The van der Waals surface area contributed by atoms with Crippen molar-refractivity contribution in [3.63, 3.8) is 0 Å². The molecule has 1 nitrogen and oxygen atoms in total. The molecular formula is C14H16FN. The lowest BCUT2D eigenvalue weighted by Crippen LogP contribution is -2.09. The van der Waals surface area contributed by atoms with Gasteiger partial charge >= 0.3 is 0 Å². The van der Waals surface area contributed by atoms with E-state index in [1.54, 1.807) is 0 Å².